The van der Waals surface area contributed by atoms with Gasteiger partial charge < -0.3 is 14.6 Å². The van der Waals surface area contributed by atoms with Crippen LogP contribution in [0, 0.1) is 6.92 Å². The number of likely N-dealkylation sites (tertiary alicyclic amines) is 1. The SMILES string of the molecule is Cc1cc(C(F)F)n2ncc(C(=O)N3CCC(O)(Cn4ccc5ccncc54)CC3)c2n1. The van der Waals surface area contributed by atoms with Gasteiger partial charge in [-0.2, -0.15) is 5.10 Å². The third-order valence-electron chi connectivity index (χ3n) is 6.10. The minimum atomic E-state index is -2.73. The van der Waals surface area contributed by atoms with E-state index in [9.17, 15) is 18.7 Å². The highest BCUT2D eigenvalue weighted by Crippen LogP contribution is 2.28. The maximum atomic E-state index is 13.4. The van der Waals surface area contributed by atoms with Gasteiger partial charge in [0.05, 0.1) is 30.1 Å². The fourth-order valence-electron chi connectivity index (χ4n) is 4.36. The third-order valence-corrected chi connectivity index (χ3v) is 6.10. The average Bonchev–Trinajstić information content (AvgIpc) is 3.37. The zero-order valence-electron chi connectivity index (χ0n) is 17.4. The predicted octanol–water partition coefficient (Wildman–Crippen LogP) is 2.99. The van der Waals surface area contributed by atoms with E-state index in [1.807, 2.05) is 22.9 Å². The number of hydrogen-bond acceptors (Lipinski definition) is 5. The number of carbonyl (C=O) groups excluding carboxylic acids is 1. The van der Waals surface area contributed by atoms with Crippen LogP contribution in [0.2, 0.25) is 0 Å². The van der Waals surface area contributed by atoms with Crippen molar-refractivity contribution in [2.45, 2.75) is 38.3 Å². The molecule has 0 saturated carbocycles. The second-order valence-corrected chi connectivity index (χ2v) is 8.31. The summed E-state index contributed by atoms with van der Waals surface area (Å²) >= 11 is 0. The number of piperidine rings is 1. The molecule has 0 spiro atoms. The number of rotatable bonds is 4. The molecular weight excluding hydrogens is 418 g/mol. The number of hydrogen-bond donors (Lipinski definition) is 1. The summed E-state index contributed by atoms with van der Waals surface area (Å²) in [6.45, 7) is 2.70. The largest absolute Gasteiger partial charge is 0.388 e. The Morgan fingerprint density at radius 3 is 2.78 bits per heavy atom. The van der Waals surface area contributed by atoms with Crippen molar-refractivity contribution in [1.82, 2.24) is 29.0 Å². The van der Waals surface area contributed by atoms with Crippen LogP contribution in [0.3, 0.4) is 0 Å². The summed E-state index contributed by atoms with van der Waals surface area (Å²) in [7, 11) is 0. The molecule has 1 N–H and O–H groups in total. The van der Waals surface area contributed by atoms with E-state index in [1.165, 1.54) is 12.3 Å². The maximum Gasteiger partial charge on any atom is 0.280 e. The van der Waals surface area contributed by atoms with E-state index in [0.717, 1.165) is 15.4 Å². The van der Waals surface area contributed by atoms with Gasteiger partial charge in [-0.25, -0.2) is 18.3 Å². The molecule has 0 aliphatic carbocycles. The molecule has 0 unspecified atom stereocenters. The lowest BCUT2D eigenvalue weighted by atomic mass is 9.91. The summed E-state index contributed by atoms with van der Waals surface area (Å²) in [5.41, 5.74) is 0.386. The average molecular weight is 440 g/mol. The van der Waals surface area contributed by atoms with E-state index in [2.05, 4.69) is 15.1 Å². The number of amides is 1. The Bertz CT molecular complexity index is 1310. The number of nitrogens with zero attached hydrogens (tertiary/aromatic N) is 6. The van der Waals surface area contributed by atoms with Crippen LogP contribution in [-0.2, 0) is 6.54 Å². The molecule has 1 aliphatic heterocycles. The molecule has 0 atom stereocenters. The van der Waals surface area contributed by atoms with E-state index < -0.39 is 12.0 Å². The van der Waals surface area contributed by atoms with Gasteiger partial charge in [0.2, 0.25) is 0 Å². The summed E-state index contributed by atoms with van der Waals surface area (Å²) in [5, 5.41) is 16.2. The lowest BCUT2D eigenvalue weighted by Gasteiger charge is -2.38. The molecule has 1 fully saturated rings. The van der Waals surface area contributed by atoms with Gasteiger partial charge in [-0.3, -0.25) is 9.78 Å². The number of aryl methyl sites for hydroxylation is 1. The number of aliphatic hydroxyl groups is 1. The molecule has 166 valence electrons. The van der Waals surface area contributed by atoms with Crippen molar-refractivity contribution in [3.63, 3.8) is 0 Å². The molecule has 32 heavy (non-hydrogen) atoms. The molecular formula is C22H22F2N6O2. The molecule has 0 bridgehead atoms. The van der Waals surface area contributed by atoms with Gasteiger partial charge >= 0.3 is 0 Å². The topological polar surface area (TPSA) is 88.5 Å². The van der Waals surface area contributed by atoms with Crippen molar-refractivity contribution >= 4 is 22.5 Å². The van der Waals surface area contributed by atoms with Gasteiger partial charge in [0.15, 0.2) is 5.65 Å². The van der Waals surface area contributed by atoms with E-state index in [4.69, 9.17) is 0 Å². The highest BCUT2D eigenvalue weighted by Gasteiger charge is 2.35. The van der Waals surface area contributed by atoms with Crippen LogP contribution >= 0.6 is 0 Å². The van der Waals surface area contributed by atoms with Crippen molar-refractivity contribution in [1.29, 1.82) is 0 Å². The molecule has 1 aliphatic rings. The van der Waals surface area contributed by atoms with E-state index >= 15 is 0 Å². The summed E-state index contributed by atoms with van der Waals surface area (Å²) in [5.74, 6) is -0.323. The smallest absolute Gasteiger partial charge is 0.280 e. The maximum absolute atomic E-state index is 13.4. The molecule has 0 radical (unpaired) electrons. The van der Waals surface area contributed by atoms with Crippen LogP contribution in [0.15, 0.2) is 43.0 Å². The quantitative estimate of drug-likeness (QED) is 0.527. The lowest BCUT2D eigenvalue weighted by molar-refractivity contribution is -0.0283. The first-order chi connectivity index (χ1) is 15.3. The standard InChI is InChI=1S/C22H22F2N6O2/c1-14-10-17(19(23)24)30-20(27-14)16(11-26-30)21(31)28-8-4-22(32,5-9-28)13-29-7-3-15-2-6-25-12-18(15)29/h2-3,6-7,10-12,19,32H,4-5,8-9,13H2,1H3. The summed E-state index contributed by atoms with van der Waals surface area (Å²) < 4.78 is 29.7. The van der Waals surface area contributed by atoms with E-state index in [1.54, 1.807) is 24.2 Å². The number of carbonyl (C=O) groups is 1. The van der Waals surface area contributed by atoms with Crippen molar-refractivity contribution in [3.8, 4) is 0 Å². The Morgan fingerprint density at radius 2 is 2.03 bits per heavy atom. The number of pyridine rings is 1. The van der Waals surface area contributed by atoms with Crippen LogP contribution in [0.4, 0.5) is 8.78 Å². The van der Waals surface area contributed by atoms with Gasteiger partial charge in [0, 0.05) is 36.6 Å². The normalized spacial score (nSPS) is 16.3. The van der Waals surface area contributed by atoms with E-state index in [0.29, 0.717) is 38.2 Å². The second-order valence-electron chi connectivity index (χ2n) is 8.31. The number of halogens is 2. The van der Waals surface area contributed by atoms with Gasteiger partial charge in [0.25, 0.3) is 12.3 Å². The van der Waals surface area contributed by atoms with Crippen LogP contribution in [0.25, 0.3) is 16.6 Å². The highest BCUT2D eigenvalue weighted by atomic mass is 19.3. The molecule has 0 aromatic carbocycles. The van der Waals surface area contributed by atoms with Crippen molar-refractivity contribution in [2.24, 2.45) is 0 Å². The first-order valence-corrected chi connectivity index (χ1v) is 10.4. The molecule has 5 rings (SSSR count). The van der Waals surface area contributed by atoms with Crippen LogP contribution < -0.4 is 0 Å². The molecule has 4 aromatic rings. The molecule has 4 aromatic heterocycles. The number of fused-ring (bicyclic) bond motifs is 2. The van der Waals surface area contributed by atoms with Crippen LogP contribution in [-0.4, -0.2) is 58.8 Å². The molecule has 1 amide bonds. The number of aromatic nitrogens is 5. The Hall–Kier alpha value is -3.40. The molecule has 8 nitrogen and oxygen atoms in total. The van der Waals surface area contributed by atoms with Crippen molar-refractivity contribution in [2.75, 3.05) is 13.1 Å². The van der Waals surface area contributed by atoms with E-state index in [-0.39, 0.29) is 22.8 Å². The second kappa shape index (κ2) is 7.63. The highest BCUT2D eigenvalue weighted by molar-refractivity contribution is 5.99. The summed E-state index contributed by atoms with van der Waals surface area (Å²) in [6.07, 6.45) is 4.77. The first-order valence-electron chi connectivity index (χ1n) is 10.4. The lowest BCUT2D eigenvalue weighted by Crippen LogP contribution is -2.48. The summed E-state index contributed by atoms with van der Waals surface area (Å²) in [6, 6.07) is 5.16. The Kier molecular flexibility index (Phi) is 4.89. The van der Waals surface area contributed by atoms with Crippen LogP contribution in [0.5, 0.6) is 0 Å². The zero-order chi connectivity index (χ0) is 22.5. The van der Waals surface area contributed by atoms with Gasteiger partial charge in [-0.15, -0.1) is 0 Å². The Labute approximate surface area is 182 Å². The van der Waals surface area contributed by atoms with Gasteiger partial charge in [-0.1, -0.05) is 0 Å². The fourth-order valence-corrected chi connectivity index (χ4v) is 4.36. The predicted molar refractivity (Wildman–Crippen MR) is 113 cm³/mol. The Morgan fingerprint density at radius 1 is 1.25 bits per heavy atom. The van der Waals surface area contributed by atoms with Gasteiger partial charge in [-0.05, 0) is 38.0 Å². The summed E-state index contributed by atoms with van der Waals surface area (Å²) in [4.78, 5) is 23.2. The molecule has 5 heterocycles. The monoisotopic (exact) mass is 440 g/mol. The van der Waals surface area contributed by atoms with Crippen molar-refractivity contribution in [3.05, 3.63) is 59.9 Å². The Balaban J connectivity index is 1.33. The van der Waals surface area contributed by atoms with Crippen molar-refractivity contribution < 1.29 is 18.7 Å². The minimum absolute atomic E-state index is 0.123. The zero-order valence-corrected chi connectivity index (χ0v) is 17.4. The third kappa shape index (κ3) is 3.50. The first kappa shape index (κ1) is 20.5. The van der Waals surface area contributed by atoms with Gasteiger partial charge in [0.1, 0.15) is 11.3 Å². The fraction of sp³-hybridized carbons (Fsp3) is 0.364. The van der Waals surface area contributed by atoms with Crippen LogP contribution in [0.1, 0.15) is 41.0 Å². The molecule has 1 saturated heterocycles. The number of alkyl halides is 2. The molecule has 10 heteroatoms. The minimum Gasteiger partial charge on any atom is -0.388 e.